The number of hydrogen-bond acceptors (Lipinski definition) is 6. The van der Waals surface area contributed by atoms with Crippen LogP contribution in [0.2, 0.25) is 0 Å². The molecule has 4 rings (SSSR count). The van der Waals surface area contributed by atoms with Crippen LogP contribution in [0.1, 0.15) is 68.7 Å². The van der Waals surface area contributed by atoms with E-state index in [-0.39, 0.29) is 28.5 Å². The molecule has 4 aromatic rings. The van der Waals surface area contributed by atoms with Crippen molar-refractivity contribution in [3.05, 3.63) is 130 Å². The SMILES string of the molecule is CC(CCCc1ccc(C(=O)Oc2ccc(C#N)c(F)c2)cc1)c1ccc(C(=O)Oc2ccc(C#N)c(F)c2)cc1. The van der Waals surface area contributed by atoms with Gasteiger partial charge in [-0.2, -0.15) is 10.5 Å². The average molecular weight is 551 g/mol. The van der Waals surface area contributed by atoms with Gasteiger partial charge in [0.25, 0.3) is 0 Å². The number of hydrogen-bond donors (Lipinski definition) is 0. The molecule has 1 atom stereocenters. The lowest BCUT2D eigenvalue weighted by Gasteiger charge is -2.13. The number of carbonyl (C=O) groups excluding carboxylic acids is 2. The van der Waals surface area contributed by atoms with Crippen molar-refractivity contribution < 1.29 is 27.8 Å². The molecule has 0 amide bonds. The molecular weight excluding hydrogens is 526 g/mol. The normalized spacial score (nSPS) is 11.1. The number of ether oxygens (including phenoxy) is 2. The number of rotatable bonds is 9. The fourth-order valence-electron chi connectivity index (χ4n) is 4.17. The molecule has 41 heavy (non-hydrogen) atoms. The van der Waals surface area contributed by atoms with E-state index in [1.807, 2.05) is 24.3 Å². The maximum Gasteiger partial charge on any atom is 0.343 e. The van der Waals surface area contributed by atoms with Gasteiger partial charge in [-0.1, -0.05) is 31.2 Å². The number of carbonyl (C=O) groups is 2. The van der Waals surface area contributed by atoms with Gasteiger partial charge in [-0.3, -0.25) is 0 Å². The summed E-state index contributed by atoms with van der Waals surface area (Å²) in [5, 5.41) is 17.6. The van der Waals surface area contributed by atoms with E-state index in [2.05, 4.69) is 6.92 Å². The summed E-state index contributed by atoms with van der Waals surface area (Å²) in [4.78, 5) is 24.8. The Morgan fingerprint density at radius 3 is 1.63 bits per heavy atom. The van der Waals surface area contributed by atoms with Gasteiger partial charge in [-0.05, 0) is 84.8 Å². The van der Waals surface area contributed by atoms with Crippen molar-refractivity contribution in [2.24, 2.45) is 0 Å². The van der Waals surface area contributed by atoms with E-state index in [4.69, 9.17) is 20.0 Å². The van der Waals surface area contributed by atoms with Gasteiger partial charge in [0.05, 0.1) is 22.3 Å². The second kappa shape index (κ2) is 13.1. The van der Waals surface area contributed by atoms with Crippen LogP contribution in [0.25, 0.3) is 0 Å². The molecule has 0 saturated heterocycles. The molecule has 0 aromatic heterocycles. The first-order chi connectivity index (χ1) is 19.8. The maximum atomic E-state index is 13.8. The van der Waals surface area contributed by atoms with Crippen LogP contribution in [0.5, 0.6) is 11.5 Å². The van der Waals surface area contributed by atoms with Gasteiger partial charge in [-0.25, -0.2) is 18.4 Å². The minimum atomic E-state index is -0.752. The van der Waals surface area contributed by atoms with Crippen LogP contribution in [-0.2, 0) is 6.42 Å². The first-order valence-electron chi connectivity index (χ1n) is 12.8. The Bertz CT molecular complexity index is 1650. The molecule has 0 N–H and O–H groups in total. The van der Waals surface area contributed by atoms with Gasteiger partial charge in [-0.15, -0.1) is 0 Å². The third-order valence-electron chi connectivity index (χ3n) is 6.55. The molecule has 0 fully saturated rings. The van der Waals surface area contributed by atoms with E-state index in [9.17, 15) is 18.4 Å². The van der Waals surface area contributed by atoms with E-state index >= 15 is 0 Å². The van der Waals surface area contributed by atoms with Gasteiger partial charge in [0, 0.05) is 12.1 Å². The number of benzene rings is 4. The van der Waals surface area contributed by atoms with Crippen molar-refractivity contribution >= 4 is 11.9 Å². The van der Waals surface area contributed by atoms with Crippen LogP contribution in [0, 0.1) is 34.3 Å². The fourth-order valence-corrected chi connectivity index (χ4v) is 4.17. The highest BCUT2D eigenvalue weighted by molar-refractivity contribution is 5.91. The third-order valence-corrected chi connectivity index (χ3v) is 6.55. The molecule has 0 aliphatic carbocycles. The Labute approximate surface area is 236 Å². The van der Waals surface area contributed by atoms with E-state index in [1.165, 1.54) is 24.3 Å². The lowest BCUT2D eigenvalue weighted by molar-refractivity contribution is 0.0724. The first-order valence-corrected chi connectivity index (χ1v) is 12.8. The van der Waals surface area contributed by atoms with Gasteiger partial charge in [0.2, 0.25) is 0 Å². The van der Waals surface area contributed by atoms with E-state index in [0.29, 0.717) is 11.1 Å². The van der Waals surface area contributed by atoms with Gasteiger partial charge >= 0.3 is 11.9 Å². The summed E-state index contributed by atoms with van der Waals surface area (Å²) in [6, 6.07) is 24.8. The Morgan fingerprint density at radius 1 is 0.732 bits per heavy atom. The van der Waals surface area contributed by atoms with Crippen molar-refractivity contribution in [3.63, 3.8) is 0 Å². The predicted octanol–water partition coefficient (Wildman–Crippen LogP) is 7.27. The highest BCUT2D eigenvalue weighted by Crippen LogP contribution is 2.24. The van der Waals surface area contributed by atoms with Crippen LogP contribution in [0.15, 0.2) is 84.9 Å². The Hall–Kier alpha value is -5.34. The maximum absolute atomic E-state index is 13.8. The average Bonchev–Trinajstić information content (AvgIpc) is 2.97. The quantitative estimate of drug-likeness (QED) is 0.160. The zero-order valence-electron chi connectivity index (χ0n) is 22.1. The summed E-state index contributed by atoms with van der Waals surface area (Å²) in [7, 11) is 0. The highest BCUT2D eigenvalue weighted by Gasteiger charge is 2.14. The molecule has 8 heteroatoms. The van der Waals surface area contributed by atoms with Gasteiger partial charge in [0.15, 0.2) is 0 Å². The molecule has 0 bridgehead atoms. The highest BCUT2D eigenvalue weighted by atomic mass is 19.1. The van der Waals surface area contributed by atoms with Crippen LogP contribution in [-0.4, -0.2) is 11.9 Å². The number of aryl methyl sites for hydroxylation is 1. The second-order valence-corrected chi connectivity index (χ2v) is 9.40. The Balaban J connectivity index is 1.25. The van der Waals surface area contributed by atoms with Crippen molar-refractivity contribution in [1.82, 2.24) is 0 Å². The van der Waals surface area contributed by atoms with Gasteiger partial charge < -0.3 is 9.47 Å². The minimum Gasteiger partial charge on any atom is -0.423 e. The molecule has 6 nitrogen and oxygen atoms in total. The summed E-state index contributed by atoms with van der Waals surface area (Å²) in [6.45, 7) is 2.10. The van der Waals surface area contributed by atoms with Crippen molar-refractivity contribution in [3.8, 4) is 23.6 Å². The molecule has 4 aromatic carbocycles. The summed E-state index contributed by atoms with van der Waals surface area (Å²) < 4.78 is 37.9. The van der Waals surface area contributed by atoms with Crippen molar-refractivity contribution in [2.45, 2.75) is 32.1 Å². The Kier molecular flexibility index (Phi) is 9.19. The summed E-state index contributed by atoms with van der Waals surface area (Å²) >= 11 is 0. The lowest BCUT2D eigenvalue weighted by atomic mass is 9.93. The second-order valence-electron chi connectivity index (χ2n) is 9.40. The predicted molar refractivity (Wildman–Crippen MR) is 146 cm³/mol. The standard InChI is InChI=1S/C33H24F2N2O4/c1-21(23-9-11-25(12-10-23)33(39)41-29-16-14-27(20-37)31(35)18-29)3-2-4-22-5-7-24(8-6-22)32(38)40-28-15-13-26(19-36)30(34)17-28/h5-18,21H,2-4H2,1H3. The summed E-state index contributed by atoms with van der Waals surface area (Å²) in [5.41, 5.74) is 2.52. The molecule has 0 radical (unpaired) electrons. The third kappa shape index (κ3) is 7.40. The van der Waals surface area contributed by atoms with E-state index in [0.717, 1.165) is 42.5 Å². The van der Waals surface area contributed by atoms with Crippen molar-refractivity contribution in [1.29, 1.82) is 10.5 Å². The lowest BCUT2D eigenvalue weighted by Crippen LogP contribution is -2.09. The summed E-state index contributed by atoms with van der Waals surface area (Å²) in [6.07, 6.45) is 2.58. The van der Waals surface area contributed by atoms with Crippen LogP contribution < -0.4 is 9.47 Å². The number of nitrogens with zero attached hydrogens (tertiary/aromatic N) is 2. The molecule has 0 heterocycles. The summed E-state index contributed by atoms with van der Waals surface area (Å²) in [5.74, 6) is -2.46. The molecule has 1 unspecified atom stereocenters. The molecule has 0 aliphatic heterocycles. The molecule has 0 spiro atoms. The molecule has 204 valence electrons. The number of esters is 2. The molecule has 0 saturated carbocycles. The van der Waals surface area contributed by atoms with E-state index in [1.54, 1.807) is 36.4 Å². The van der Waals surface area contributed by atoms with E-state index < -0.39 is 23.6 Å². The molecular formula is C33H24F2N2O4. The minimum absolute atomic E-state index is 0.0237. The largest absolute Gasteiger partial charge is 0.423 e. The van der Waals surface area contributed by atoms with Gasteiger partial charge in [0.1, 0.15) is 35.3 Å². The number of nitriles is 2. The first kappa shape index (κ1) is 28.7. The monoisotopic (exact) mass is 550 g/mol. The molecule has 0 aliphatic rings. The zero-order chi connectivity index (χ0) is 29.4. The van der Waals surface area contributed by atoms with Crippen LogP contribution >= 0.6 is 0 Å². The Morgan fingerprint density at radius 2 is 1.20 bits per heavy atom. The topological polar surface area (TPSA) is 100 Å². The van der Waals surface area contributed by atoms with Crippen molar-refractivity contribution in [2.75, 3.05) is 0 Å². The van der Waals surface area contributed by atoms with Crippen LogP contribution in [0.3, 0.4) is 0 Å². The number of halogens is 2. The van der Waals surface area contributed by atoms with Crippen LogP contribution in [0.4, 0.5) is 8.78 Å². The smallest absolute Gasteiger partial charge is 0.343 e. The zero-order valence-corrected chi connectivity index (χ0v) is 22.1. The fraction of sp³-hybridized carbons (Fsp3) is 0.152.